The molecule has 0 aliphatic carbocycles. The average molecular weight is 322 g/mol. The first-order valence-electron chi connectivity index (χ1n) is 6.72. The summed E-state index contributed by atoms with van der Waals surface area (Å²) in [6, 6.07) is 5.47. The lowest BCUT2D eigenvalue weighted by molar-refractivity contribution is 0.225. The third kappa shape index (κ3) is 2.50. The van der Waals surface area contributed by atoms with E-state index >= 15 is 0 Å². The molecule has 6 nitrogen and oxygen atoms in total. The number of methoxy groups -OCH3 is 2. The molecule has 0 saturated heterocycles. The van der Waals surface area contributed by atoms with Gasteiger partial charge in [0, 0.05) is 11.1 Å². The molecule has 0 radical (unpaired) electrons. The maximum absolute atomic E-state index is 5.98. The van der Waals surface area contributed by atoms with Crippen LogP contribution in [0, 0.1) is 0 Å². The van der Waals surface area contributed by atoms with E-state index in [9.17, 15) is 0 Å². The molecule has 116 valence electrons. The summed E-state index contributed by atoms with van der Waals surface area (Å²) in [4.78, 5) is 8.70. The summed E-state index contributed by atoms with van der Waals surface area (Å²) in [5.74, 6) is 1.40. The van der Waals surface area contributed by atoms with Gasteiger partial charge in [0.25, 0.3) is 11.8 Å². The van der Waals surface area contributed by atoms with Crippen molar-refractivity contribution >= 4 is 17.3 Å². The topological polar surface area (TPSA) is 65.5 Å². The lowest BCUT2D eigenvalue weighted by Crippen LogP contribution is -2.42. The third-order valence-corrected chi connectivity index (χ3v) is 3.77. The second-order valence-electron chi connectivity index (χ2n) is 5.16. The average Bonchev–Trinajstić information content (AvgIpc) is 2.54. The number of ether oxygens (including phenoxy) is 3. The van der Waals surface area contributed by atoms with Crippen molar-refractivity contribution in [1.82, 2.24) is 9.97 Å². The molecule has 0 amide bonds. The molecule has 2 aromatic rings. The first-order valence-corrected chi connectivity index (χ1v) is 7.09. The van der Waals surface area contributed by atoms with Crippen LogP contribution in [0.25, 0.3) is 0 Å². The van der Waals surface area contributed by atoms with Crippen molar-refractivity contribution < 1.29 is 14.2 Å². The van der Waals surface area contributed by atoms with E-state index in [1.54, 1.807) is 12.3 Å². The van der Waals surface area contributed by atoms with Gasteiger partial charge in [0.15, 0.2) is 0 Å². The Kier molecular flexibility index (Phi) is 3.70. The molecule has 0 saturated carbocycles. The number of aromatic nitrogens is 2. The third-order valence-electron chi connectivity index (χ3n) is 3.53. The van der Waals surface area contributed by atoms with Gasteiger partial charge in [-0.15, -0.1) is 0 Å². The molecule has 0 spiro atoms. The normalized spacial score (nSPS) is 19.6. The van der Waals surface area contributed by atoms with Crippen molar-refractivity contribution in [2.75, 3.05) is 26.1 Å². The highest BCUT2D eigenvalue weighted by molar-refractivity contribution is 6.30. The molecule has 3 rings (SSSR count). The van der Waals surface area contributed by atoms with E-state index in [-0.39, 0.29) is 0 Å². The molecule has 0 fully saturated rings. The van der Waals surface area contributed by atoms with Crippen LogP contribution < -0.4 is 19.5 Å². The summed E-state index contributed by atoms with van der Waals surface area (Å²) >= 11 is 5.98. The predicted octanol–water partition coefficient (Wildman–Crippen LogP) is 2.87. The van der Waals surface area contributed by atoms with Crippen LogP contribution in [0.5, 0.6) is 17.5 Å². The SMILES string of the molecule is COc1ncc(C2(C)COc3cc(Cl)ccc3N2)nc1OC. The maximum atomic E-state index is 5.98. The lowest BCUT2D eigenvalue weighted by atomic mass is 9.97. The summed E-state index contributed by atoms with van der Waals surface area (Å²) in [5.41, 5.74) is 1.02. The number of nitrogens with zero attached hydrogens (tertiary/aromatic N) is 2. The highest BCUT2D eigenvalue weighted by atomic mass is 35.5. The fourth-order valence-electron chi connectivity index (χ4n) is 2.31. The van der Waals surface area contributed by atoms with Crippen LogP contribution in [-0.4, -0.2) is 30.8 Å². The minimum Gasteiger partial charge on any atom is -0.489 e. The molecular weight excluding hydrogens is 306 g/mol. The van der Waals surface area contributed by atoms with Gasteiger partial charge in [0.1, 0.15) is 17.9 Å². The quantitative estimate of drug-likeness (QED) is 0.937. The monoisotopic (exact) mass is 321 g/mol. The molecule has 1 N–H and O–H groups in total. The lowest BCUT2D eigenvalue weighted by Gasteiger charge is -2.36. The highest BCUT2D eigenvalue weighted by Crippen LogP contribution is 2.38. The van der Waals surface area contributed by atoms with E-state index in [1.807, 2.05) is 19.1 Å². The number of benzene rings is 1. The fraction of sp³-hybridized carbons (Fsp3) is 0.333. The van der Waals surface area contributed by atoms with E-state index in [0.29, 0.717) is 29.1 Å². The Labute approximate surface area is 133 Å². The number of nitrogens with one attached hydrogen (secondary N) is 1. The smallest absolute Gasteiger partial charge is 0.278 e. The summed E-state index contributed by atoms with van der Waals surface area (Å²) < 4.78 is 16.1. The summed E-state index contributed by atoms with van der Waals surface area (Å²) in [6.07, 6.45) is 1.65. The zero-order valence-electron chi connectivity index (χ0n) is 12.5. The van der Waals surface area contributed by atoms with Crippen LogP contribution in [0.3, 0.4) is 0 Å². The van der Waals surface area contributed by atoms with Gasteiger partial charge in [0.05, 0.1) is 31.8 Å². The summed E-state index contributed by atoms with van der Waals surface area (Å²) in [6.45, 7) is 2.38. The van der Waals surface area contributed by atoms with E-state index in [2.05, 4.69) is 15.3 Å². The highest BCUT2D eigenvalue weighted by Gasteiger charge is 2.35. The van der Waals surface area contributed by atoms with Gasteiger partial charge in [-0.05, 0) is 19.1 Å². The number of halogens is 1. The van der Waals surface area contributed by atoms with Crippen LogP contribution in [0.2, 0.25) is 5.02 Å². The number of fused-ring (bicyclic) bond motifs is 1. The van der Waals surface area contributed by atoms with E-state index < -0.39 is 5.54 Å². The second kappa shape index (κ2) is 5.53. The fourth-order valence-corrected chi connectivity index (χ4v) is 2.47. The van der Waals surface area contributed by atoms with E-state index in [0.717, 1.165) is 11.4 Å². The van der Waals surface area contributed by atoms with Gasteiger partial charge >= 0.3 is 0 Å². The maximum Gasteiger partial charge on any atom is 0.278 e. The van der Waals surface area contributed by atoms with Crippen molar-refractivity contribution in [3.63, 3.8) is 0 Å². The summed E-state index contributed by atoms with van der Waals surface area (Å²) in [5, 5.41) is 4.06. The van der Waals surface area contributed by atoms with Crippen molar-refractivity contribution in [2.24, 2.45) is 0 Å². The predicted molar refractivity (Wildman–Crippen MR) is 83.1 cm³/mol. The van der Waals surface area contributed by atoms with Crippen LogP contribution in [0.1, 0.15) is 12.6 Å². The largest absolute Gasteiger partial charge is 0.489 e. The zero-order chi connectivity index (χ0) is 15.7. The Morgan fingerprint density at radius 2 is 2.05 bits per heavy atom. The first-order chi connectivity index (χ1) is 10.6. The standard InChI is InChI=1S/C15H16ClN3O3/c1-15(12-7-17-13(20-2)14(18-12)21-3)8-22-11-6-9(16)4-5-10(11)19-15/h4-7,19H,8H2,1-3H3. The molecule has 2 heterocycles. The molecule has 1 atom stereocenters. The van der Waals surface area contributed by atoms with E-state index in [4.69, 9.17) is 25.8 Å². The Bertz CT molecular complexity index is 710. The number of rotatable bonds is 3. The van der Waals surface area contributed by atoms with Crippen LogP contribution in [0.15, 0.2) is 24.4 Å². The van der Waals surface area contributed by atoms with Gasteiger partial charge in [-0.2, -0.15) is 0 Å². The van der Waals surface area contributed by atoms with Crippen LogP contribution in [0.4, 0.5) is 5.69 Å². The molecule has 1 unspecified atom stereocenters. The van der Waals surface area contributed by atoms with Crippen molar-refractivity contribution in [1.29, 1.82) is 0 Å². The molecule has 7 heteroatoms. The van der Waals surface area contributed by atoms with Gasteiger partial charge in [-0.1, -0.05) is 11.6 Å². The first kappa shape index (κ1) is 14.7. The van der Waals surface area contributed by atoms with Crippen LogP contribution >= 0.6 is 11.6 Å². The molecule has 22 heavy (non-hydrogen) atoms. The number of hydrogen-bond acceptors (Lipinski definition) is 6. The minimum atomic E-state index is -0.534. The molecule has 1 aliphatic heterocycles. The molecule has 1 aliphatic rings. The van der Waals surface area contributed by atoms with Gasteiger partial charge in [-0.25, -0.2) is 9.97 Å². The Balaban J connectivity index is 1.96. The van der Waals surface area contributed by atoms with E-state index in [1.165, 1.54) is 14.2 Å². The Morgan fingerprint density at radius 1 is 1.27 bits per heavy atom. The van der Waals surface area contributed by atoms with Gasteiger partial charge in [0.2, 0.25) is 0 Å². The minimum absolute atomic E-state index is 0.338. The molecule has 0 bridgehead atoms. The Hall–Kier alpha value is -2.21. The van der Waals surface area contributed by atoms with Crippen LogP contribution in [-0.2, 0) is 5.54 Å². The summed E-state index contributed by atoms with van der Waals surface area (Å²) in [7, 11) is 3.05. The molecule has 1 aromatic heterocycles. The number of anilines is 1. The van der Waals surface area contributed by atoms with Gasteiger partial charge in [-0.3, -0.25) is 0 Å². The van der Waals surface area contributed by atoms with Gasteiger partial charge < -0.3 is 19.5 Å². The molecule has 1 aromatic carbocycles. The zero-order valence-corrected chi connectivity index (χ0v) is 13.3. The van der Waals surface area contributed by atoms with Crippen molar-refractivity contribution in [2.45, 2.75) is 12.5 Å². The van der Waals surface area contributed by atoms with Crippen molar-refractivity contribution in [3.8, 4) is 17.5 Å². The molecular formula is C15H16ClN3O3. The number of hydrogen-bond donors (Lipinski definition) is 1. The second-order valence-corrected chi connectivity index (χ2v) is 5.60. The van der Waals surface area contributed by atoms with Crippen molar-refractivity contribution in [3.05, 3.63) is 35.1 Å². The Morgan fingerprint density at radius 3 is 2.77 bits per heavy atom.